The third-order valence-corrected chi connectivity index (χ3v) is 4.44. The average molecular weight is 397 g/mol. The van der Waals surface area contributed by atoms with E-state index in [9.17, 15) is 18.0 Å². The number of carbonyl (C=O) groups excluding carboxylic acids is 1. The molecular formula is C18H22F3N5O2. The van der Waals surface area contributed by atoms with E-state index in [0.29, 0.717) is 13.0 Å². The lowest BCUT2D eigenvalue weighted by atomic mass is 10.1. The van der Waals surface area contributed by atoms with E-state index < -0.39 is 17.6 Å². The number of nitrogens with zero attached hydrogens (tertiary/aromatic N) is 3. The highest BCUT2D eigenvalue weighted by atomic mass is 19.4. The maximum absolute atomic E-state index is 13.0. The van der Waals surface area contributed by atoms with Gasteiger partial charge in [-0.15, -0.1) is 5.10 Å². The lowest BCUT2D eigenvalue weighted by molar-refractivity contribution is -0.137. The third-order valence-electron chi connectivity index (χ3n) is 4.44. The molecule has 0 radical (unpaired) electrons. The van der Waals surface area contributed by atoms with E-state index in [1.54, 1.807) is 4.68 Å². The van der Waals surface area contributed by atoms with Crippen LogP contribution in [0.2, 0.25) is 0 Å². The van der Waals surface area contributed by atoms with Crippen LogP contribution in [0.4, 0.5) is 18.9 Å². The van der Waals surface area contributed by atoms with Gasteiger partial charge in [-0.3, -0.25) is 4.79 Å². The number of anilines is 1. The second-order valence-electron chi connectivity index (χ2n) is 6.58. The molecule has 2 aromatic rings. The quantitative estimate of drug-likeness (QED) is 0.782. The van der Waals surface area contributed by atoms with Crippen LogP contribution >= 0.6 is 0 Å². The molecule has 1 amide bonds. The van der Waals surface area contributed by atoms with E-state index in [0.717, 1.165) is 38.1 Å². The van der Waals surface area contributed by atoms with Crippen molar-refractivity contribution in [3.63, 3.8) is 0 Å². The van der Waals surface area contributed by atoms with E-state index in [1.807, 2.05) is 6.92 Å². The maximum atomic E-state index is 13.0. The van der Waals surface area contributed by atoms with Crippen molar-refractivity contribution >= 4 is 11.6 Å². The van der Waals surface area contributed by atoms with Crippen LogP contribution < -0.4 is 15.4 Å². The highest BCUT2D eigenvalue weighted by Gasteiger charge is 2.31. The van der Waals surface area contributed by atoms with E-state index >= 15 is 0 Å². The molecule has 1 aromatic heterocycles. The molecule has 10 heteroatoms. The lowest BCUT2D eigenvalue weighted by Crippen LogP contribution is -2.29. The Balaban J connectivity index is 1.79. The first-order valence-electron chi connectivity index (χ1n) is 9.16. The number of ether oxygens (including phenoxy) is 1. The highest BCUT2D eigenvalue weighted by Crippen LogP contribution is 2.35. The van der Waals surface area contributed by atoms with Crippen LogP contribution in [0.25, 0.3) is 0 Å². The zero-order valence-corrected chi connectivity index (χ0v) is 15.4. The summed E-state index contributed by atoms with van der Waals surface area (Å²) in [5.41, 5.74) is -0.882. The summed E-state index contributed by atoms with van der Waals surface area (Å²) in [5.74, 6) is -0.463. The molecule has 3 rings (SSSR count). The number of aromatic nitrogens is 3. The summed E-state index contributed by atoms with van der Waals surface area (Å²) in [7, 11) is 0. The van der Waals surface area contributed by atoms with Crippen molar-refractivity contribution in [3.8, 4) is 5.75 Å². The van der Waals surface area contributed by atoms with Crippen molar-refractivity contribution in [3.05, 3.63) is 35.7 Å². The van der Waals surface area contributed by atoms with Gasteiger partial charge in [0.2, 0.25) is 0 Å². The topological polar surface area (TPSA) is 81.1 Å². The van der Waals surface area contributed by atoms with E-state index in [4.69, 9.17) is 4.74 Å². The Labute approximate surface area is 160 Å². The van der Waals surface area contributed by atoms with Gasteiger partial charge < -0.3 is 15.4 Å². The lowest BCUT2D eigenvalue weighted by Gasteiger charge is -2.22. The van der Waals surface area contributed by atoms with Crippen LogP contribution in [0.15, 0.2) is 24.4 Å². The zero-order chi connectivity index (χ0) is 20.1. The molecule has 1 saturated heterocycles. The van der Waals surface area contributed by atoms with Gasteiger partial charge in [0.05, 0.1) is 30.1 Å². The standard InChI is InChI=1S/C18H22F3N5O2/c1-2-9-28-16-4-3-12(18(19,20)21)10-14(16)23-17(27)15-11-26(25-24-15)13-5-7-22-8-6-13/h3-4,10-11,13,22H,2,5-9H2,1H3,(H,23,27). The second kappa shape index (κ2) is 8.59. The Hall–Kier alpha value is -2.62. The summed E-state index contributed by atoms with van der Waals surface area (Å²) in [6.45, 7) is 3.91. The minimum Gasteiger partial charge on any atom is -0.491 e. The zero-order valence-electron chi connectivity index (χ0n) is 15.4. The summed E-state index contributed by atoms with van der Waals surface area (Å²) in [6.07, 6.45) is -0.592. The molecule has 0 aliphatic carbocycles. The minimum absolute atomic E-state index is 0.0392. The molecule has 0 saturated carbocycles. The number of carbonyl (C=O) groups is 1. The summed E-state index contributed by atoms with van der Waals surface area (Å²) in [5, 5.41) is 13.6. The fourth-order valence-electron chi connectivity index (χ4n) is 2.96. The molecular weight excluding hydrogens is 375 g/mol. The predicted molar refractivity (Wildman–Crippen MR) is 96.3 cm³/mol. The Morgan fingerprint density at radius 3 is 2.79 bits per heavy atom. The summed E-state index contributed by atoms with van der Waals surface area (Å²) in [4.78, 5) is 12.5. The number of rotatable bonds is 6. The molecule has 0 bridgehead atoms. The maximum Gasteiger partial charge on any atom is 0.416 e. The largest absolute Gasteiger partial charge is 0.491 e. The molecule has 152 valence electrons. The number of piperidine rings is 1. The first-order valence-corrected chi connectivity index (χ1v) is 9.16. The Bertz CT molecular complexity index is 816. The number of halogens is 3. The second-order valence-corrected chi connectivity index (χ2v) is 6.58. The molecule has 7 nitrogen and oxygen atoms in total. The SMILES string of the molecule is CCCOc1ccc(C(F)(F)F)cc1NC(=O)c1cn(C2CCNCC2)nn1. The van der Waals surface area contributed by atoms with Crippen molar-refractivity contribution < 1.29 is 22.7 Å². The molecule has 1 aliphatic rings. The molecule has 28 heavy (non-hydrogen) atoms. The monoisotopic (exact) mass is 397 g/mol. The molecule has 0 atom stereocenters. The van der Waals surface area contributed by atoms with Crippen molar-refractivity contribution in [1.29, 1.82) is 0 Å². The van der Waals surface area contributed by atoms with Gasteiger partial charge >= 0.3 is 6.18 Å². The van der Waals surface area contributed by atoms with Crippen molar-refractivity contribution in [1.82, 2.24) is 20.3 Å². The van der Waals surface area contributed by atoms with Gasteiger partial charge in [0.15, 0.2) is 5.69 Å². The van der Waals surface area contributed by atoms with Gasteiger partial charge in [0.1, 0.15) is 5.75 Å². The van der Waals surface area contributed by atoms with Crippen LogP contribution in [0.3, 0.4) is 0 Å². The number of hydrogen-bond donors (Lipinski definition) is 2. The summed E-state index contributed by atoms with van der Waals surface area (Å²) < 4.78 is 46.2. The molecule has 1 aliphatic heterocycles. The van der Waals surface area contributed by atoms with Crippen molar-refractivity contribution in [2.45, 2.75) is 38.4 Å². The normalized spacial score (nSPS) is 15.4. The van der Waals surface area contributed by atoms with Crippen molar-refractivity contribution in [2.24, 2.45) is 0 Å². The van der Waals surface area contributed by atoms with Crippen LogP contribution in [-0.4, -0.2) is 40.6 Å². The highest BCUT2D eigenvalue weighted by molar-refractivity contribution is 6.03. The van der Waals surface area contributed by atoms with E-state index in [2.05, 4.69) is 20.9 Å². The van der Waals surface area contributed by atoms with E-state index in [-0.39, 0.29) is 23.2 Å². The Kier molecular flexibility index (Phi) is 6.18. The molecule has 1 aromatic carbocycles. The molecule has 2 N–H and O–H groups in total. The first kappa shape index (κ1) is 20.1. The fourth-order valence-corrected chi connectivity index (χ4v) is 2.96. The smallest absolute Gasteiger partial charge is 0.416 e. The minimum atomic E-state index is -4.53. The van der Waals surface area contributed by atoms with Crippen LogP contribution in [0.5, 0.6) is 5.75 Å². The van der Waals surface area contributed by atoms with Gasteiger partial charge in [-0.25, -0.2) is 4.68 Å². The fraction of sp³-hybridized carbons (Fsp3) is 0.500. The number of amides is 1. The molecule has 1 fully saturated rings. The number of hydrogen-bond acceptors (Lipinski definition) is 5. The van der Waals surface area contributed by atoms with Gasteiger partial charge in [-0.05, 0) is 50.6 Å². The first-order chi connectivity index (χ1) is 13.4. The van der Waals surface area contributed by atoms with Gasteiger partial charge in [0, 0.05) is 0 Å². The van der Waals surface area contributed by atoms with E-state index in [1.165, 1.54) is 12.3 Å². The third kappa shape index (κ3) is 4.80. The number of alkyl halides is 3. The van der Waals surface area contributed by atoms with Crippen LogP contribution in [-0.2, 0) is 6.18 Å². The number of benzene rings is 1. The Morgan fingerprint density at radius 2 is 2.11 bits per heavy atom. The molecule has 0 unspecified atom stereocenters. The van der Waals surface area contributed by atoms with Crippen molar-refractivity contribution in [2.75, 3.05) is 25.0 Å². The van der Waals surface area contributed by atoms with Crippen LogP contribution in [0.1, 0.15) is 48.3 Å². The van der Waals surface area contributed by atoms with Gasteiger partial charge in [-0.1, -0.05) is 12.1 Å². The van der Waals surface area contributed by atoms with Gasteiger partial charge in [0.25, 0.3) is 5.91 Å². The predicted octanol–water partition coefficient (Wildman–Crippen LogP) is 3.26. The molecule has 2 heterocycles. The average Bonchev–Trinajstić information content (AvgIpc) is 3.17. The van der Waals surface area contributed by atoms with Crippen LogP contribution in [0, 0.1) is 0 Å². The van der Waals surface area contributed by atoms with Gasteiger partial charge in [-0.2, -0.15) is 13.2 Å². The summed E-state index contributed by atoms with van der Waals surface area (Å²) >= 11 is 0. The summed E-state index contributed by atoms with van der Waals surface area (Å²) in [6, 6.07) is 3.14. The number of nitrogens with one attached hydrogen (secondary N) is 2. The molecule has 0 spiro atoms. The Morgan fingerprint density at radius 1 is 1.36 bits per heavy atom.